The maximum absolute atomic E-state index is 11.9. The third-order valence-electron chi connectivity index (χ3n) is 2.15. The van der Waals surface area contributed by atoms with Crippen molar-refractivity contribution in [3.63, 3.8) is 0 Å². The first-order chi connectivity index (χ1) is 7.04. The van der Waals surface area contributed by atoms with Gasteiger partial charge in [-0.05, 0) is 0 Å². The Morgan fingerprint density at radius 1 is 1.33 bits per heavy atom. The van der Waals surface area contributed by atoms with Crippen molar-refractivity contribution in [2.75, 3.05) is 14.1 Å². The van der Waals surface area contributed by atoms with Gasteiger partial charge in [-0.25, -0.2) is 4.98 Å². The van der Waals surface area contributed by atoms with Gasteiger partial charge >= 0.3 is 0 Å². The highest BCUT2D eigenvalue weighted by Crippen LogP contribution is 2.27. The fraction of sp³-hybridized carbons (Fsp3) is 0.222. The number of hydrogen-bond acceptors (Lipinski definition) is 4. The second kappa shape index (κ2) is 3.20. The average molecular weight is 226 g/mol. The van der Waals surface area contributed by atoms with E-state index in [1.807, 2.05) is 0 Å². The van der Waals surface area contributed by atoms with Gasteiger partial charge in [0.2, 0.25) is 11.6 Å². The Balaban J connectivity index is 2.65. The van der Waals surface area contributed by atoms with Crippen LogP contribution in [-0.2, 0) is 0 Å². The second-order valence-corrected chi connectivity index (χ2v) is 3.72. The minimum Gasteiger partial charge on any atom is -0.373 e. The summed E-state index contributed by atoms with van der Waals surface area (Å²) in [6, 6.07) is 0. The summed E-state index contributed by atoms with van der Waals surface area (Å²) in [5, 5.41) is -0.0678. The molecule has 0 bridgehead atoms. The summed E-state index contributed by atoms with van der Waals surface area (Å²) < 4.78 is 0. The number of Topliss-reactive ketones (excluding diaryl/α,β-unsaturated/α-hetero) is 2. The van der Waals surface area contributed by atoms with Crippen LogP contribution in [0.4, 0.5) is 0 Å². The van der Waals surface area contributed by atoms with E-state index in [1.165, 1.54) is 11.2 Å². The van der Waals surface area contributed by atoms with Gasteiger partial charge in [-0.3, -0.25) is 9.59 Å². The Kier molecular flexibility index (Phi) is 2.12. The molecule has 5 nitrogen and oxygen atoms in total. The number of aromatic nitrogens is 2. The van der Waals surface area contributed by atoms with Gasteiger partial charge < -0.3 is 9.88 Å². The number of allylic oxidation sites excluding steroid dienone is 2. The predicted molar refractivity (Wildman–Crippen MR) is 53.8 cm³/mol. The third-order valence-corrected chi connectivity index (χ3v) is 2.50. The molecule has 0 aromatic carbocycles. The molecule has 1 heterocycles. The number of carbonyl (C=O) groups excluding carboxylic acids is 2. The van der Waals surface area contributed by atoms with E-state index < -0.39 is 5.78 Å². The number of imidazole rings is 1. The number of likely N-dealkylation sites (N-methyl/N-ethyl adjacent to an activating group) is 1. The molecule has 1 aliphatic carbocycles. The van der Waals surface area contributed by atoms with E-state index in [4.69, 9.17) is 11.6 Å². The molecule has 15 heavy (non-hydrogen) atoms. The van der Waals surface area contributed by atoms with Crippen LogP contribution in [0.3, 0.4) is 0 Å². The van der Waals surface area contributed by atoms with Crippen molar-refractivity contribution < 1.29 is 9.59 Å². The van der Waals surface area contributed by atoms with E-state index in [0.717, 1.165) is 0 Å². The fourth-order valence-electron chi connectivity index (χ4n) is 1.47. The standard InChI is InChI=1S/C9H8ClN3O2/c1-13(2)7-4(10)8(14)5-6(9(7)15)12-3-11-5/h3H,1-2H3,(H,11,12). The lowest BCUT2D eigenvalue weighted by molar-refractivity contribution is 0.0953. The molecule has 0 fully saturated rings. The van der Waals surface area contributed by atoms with Gasteiger partial charge in [0.05, 0.1) is 6.33 Å². The molecule has 78 valence electrons. The zero-order valence-corrected chi connectivity index (χ0v) is 8.92. The number of H-pyrrole nitrogens is 1. The second-order valence-electron chi connectivity index (χ2n) is 3.34. The number of aromatic amines is 1. The van der Waals surface area contributed by atoms with Gasteiger partial charge in [-0.2, -0.15) is 0 Å². The lowest BCUT2D eigenvalue weighted by atomic mass is 10.0. The van der Waals surface area contributed by atoms with E-state index in [0.29, 0.717) is 0 Å². The summed E-state index contributed by atoms with van der Waals surface area (Å²) in [6.45, 7) is 0. The van der Waals surface area contributed by atoms with Crippen molar-refractivity contribution in [1.82, 2.24) is 14.9 Å². The first kappa shape index (κ1) is 9.92. The SMILES string of the molecule is CN(C)C1=C(Cl)C(=O)c2[nH]cnc2C1=O. The maximum Gasteiger partial charge on any atom is 0.231 e. The third kappa shape index (κ3) is 1.27. The maximum atomic E-state index is 11.9. The zero-order valence-electron chi connectivity index (χ0n) is 8.17. The molecule has 0 radical (unpaired) electrons. The zero-order chi connectivity index (χ0) is 11.2. The number of nitrogens with zero attached hydrogens (tertiary/aromatic N) is 2. The normalized spacial score (nSPS) is 15.7. The van der Waals surface area contributed by atoms with Crippen molar-refractivity contribution in [2.24, 2.45) is 0 Å². The highest BCUT2D eigenvalue weighted by molar-refractivity contribution is 6.49. The average Bonchev–Trinajstić information content (AvgIpc) is 2.62. The Hall–Kier alpha value is -1.62. The van der Waals surface area contributed by atoms with Gasteiger partial charge in [-0.1, -0.05) is 11.6 Å². The Labute approximate surface area is 90.7 Å². The number of nitrogens with one attached hydrogen (secondary N) is 1. The van der Waals surface area contributed by atoms with Crippen LogP contribution in [0.1, 0.15) is 21.0 Å². The smallest absolute Gasteiger partial charge is 0.231 e. The van der Waals surface area contributed by atoms with Crippen LogP contribution in [0.25, 0.3) is 0 Å². The van der Waals surface area contributed by atoms with Crippen LogP contribution in [0.15, 0.2) is 17.1 Å². The van der Waals surface area contributed by atoms with Crippen LogP contribution in [0, 0.1) is 0 Å². The van der Waals surface area contributed by atoms with Crippen LogP contribution in [-0.4, -0.2) is 40.5 Å². The number of halogens is 1. The first-order valence-corrected chi connectivity index (χ1v) is 4.61. The van der Waals surface area contributed by atoms with Gasteiger partial charge in [-0.15, -0.1) is 0 Å². The Bertz CT molecular complexity index is 487. The largest absolute Gasteiger partial charge is 0.373 e. The summed E-state index contributed by atoms with van der Waals surface area (Å²) >= 11 is 5.83. The van der Waals surface area contributed by atoms with E-state index in [1.54, 1.807) is 14.1 Å². The van der Waals surface area contributed by atoms with E-state index in [-0.39, 0.29) is 27.9 Å². The molecule has 0 spiro atoms. The molecule has 0 amide bonds. The van der Waals surface area contributed by atoms with Crippen LogP contribution < -0.4 is 0 Å². The van der Waals surface area contributed by atoms with Crippen LogP contribution in [0.2, 0.25) is 0 Å². The van der Waals surface area contributed by atoms with Crippen molar-refractivity contribution >= 4 is 23.2 Å². The molecule has 0 saturated heterocycles. The Morgan fingerprint density at radius 3 is 2.60 bits per heavy atom. The predicted octanol–water partition coefficient (Wildman–Crippen LogP) is 0.801. The highest BCUT2D eigenvalue weighted by Gasteiger charge is 2.34. The minimum atomic E-state index is -0.396. The summed E-state index contributed by atoms with van der Waals surface area (Å²) in [6.07, 6.45) is 1.31. The fourth-order valence-corrected chi connectivity index (χ4v) is 1.82. The van der Waals surface area contributed by atoms with E-state index >= 15 is 0 Å². The molecular formula is C9H8ClN3O2. The number of carbonyl (C=O) groups is 2. The van der Waals surface area contributed by atoms with Crippen LogP contribution >= 0.6 is 11.6 Å². The van der Waals surface area contributed by atoms with Gasteiger partial charge in [0.1, 0.15) is 22.1 Å². The minimum absolute atomic E-state index is 0.0678. The summed E-state index contributed by atoms with van der Waals surface area (Å²) in [4.78, 5) is 31.5. The molecule has 1 aliphatic rings. The van der Waals surface area contributed by atoms with Gasteiger partial charge in [0.15, 0.2) is 0 Å². The summed E-state index contributed by atoms with van der Waals surface area (Å²) in [5.74, 6) is -0.728. The summed E-state index contributed by atoms with van der Waals surface area (Å²) in [7, 11) is 3.31. The quantitative estimate of drug-likeness (QED) is 0.768. The van der Waals surface area contributed by atoms with Crippen molar-refractivity contribution in [3.8, 4) is 0 Å². The monoisotopic (exact) mass is 225 g/mol. The molecule has 2 rings (SSSR count). The van der Waals surface area contributed by atoms with E-state index in [9.17, 15) is 9.59 Å². The molecule has 1 N–H and O–H groups in total. The van der Waals surface area contributed by atoms with E-state index in [2.05, 4.69) is 9.97 Å². The number of fused-ring (bicyclic) bond motifs is 1. The number of rotatable bonds is 1. The molecule has 0 aliphatic heterocycles. The van der Waals surface area contributed by atoms with Crippen molar-refractivity contribution in [1.29, 1.82) is 0 Å². The van der Waals surface area contributed by atoms with Gasteiger partial charge in [0.25, 0.3) is 0 Å². The topological polar surface area (TPSA) is 66.1 Å². The van der Waals surface area contributed by atoms with Crippen LogP contribution in [0.5, 0.6) is 0 Å². The Morgan fingerprint density at radius 2 is 2.00 bits per heavy atom. The molecule has 0 saturated carbocycles. The molecule has 1 aromatic heterocycles. The molecule has 0 unspecified atom stereocenters. The van der Waals surface area contributed by atoms with Gasteiger partial charge in [0, 0.05) is 14.1 Å². The number of hydrogen-bond donors (Lipinski definition) is 1. The first-order valence-electron chi connectivity index (χ1n) is 4.24. The summed E-state index contributed by atoms with van der Waals surface area (Å²) in [5.41, 5.74) is 0.477. The van der Waals surface area contributed by atoms with Crippen molar-refractivity contribution in [3.05, 3.63) is 28.4 Å². The lowest BCUT2D eigenvalue weighted by Crippen LogP contribution is -2.28. The number of ketones is 2. The molecule has 1 aromatic rings. The van der Waals surface area contributed by atoms with Crippen molar-refractivity contribution in [2.45, 2.75) is 0 Å². The molecule has 6 heteroatoms. The molecular weight excluding hydrogens is 218 g/mol. The highest BCUT2D eigenvalue weighted by atomic mass is 35.5. The lowest BCUT2D eigenvalue weighted by Gasteiger charge is -2.20. The molecule has 0 atom stereocenters.